The predicted molar refractivity (Wildman–Crippen MR) is 94.7 cm³/mol. The highest BCUT2D eigenvalue weighted by molar-refractivity contribution is 5.77. The molecule has 5 heteroatoms. The molecule has 1 aromatic rings. The van der Waals surface area contributed by atoms with Gasteiger partial charge in [0.05, 0.1) is 11.3 Å². The molecule has 1 amide bonds. The van der Waals surface area contributed by atoms with Crippen LogP contribution in [-0.4, -0.2) is 43.2 Å². The molecule has 1 heterocycles. The molecule has 1 aliphatic heterocycles. The summed E-state index contributed by atoms with van der Waals surface area (Å²) in [5.41, 5.74) is 1.54. The van der Waals surface area contributed by atoms with Crippen LogP contribution in [0.3, 0.4) is 0 Å². The van der Waals surface area contributed by atoms with Crippen molar-refractivity contribution in [1.29, 1.82) is 5.26 Å². The van der Waals surface area contributed by atoms with E-state index in [4.69, 9.17) is 10.00 Å². The van der Waals surface area contributed by atoms with Crippen molar-refractivity contribution in [3.8, 4) is 6.07 Å². The number of piperidine rings is 1. The van der Waals surface area contributed by atoms with E-state index in [2.05, 4.69) is 18.3 Å². The molecule has 0 saturated carbocycles. The minimum Gasteiger partial charge on any atom is -0.381 e. The molecule has 0 aromatic heterocycles. The van der Waals surface area contributed by atoms with Gasteiger partial charge in [-0.25, -0.2) is 0 Å². The van der Waals surface area contributed by atoms with Crippen LogP contribution >= 0.6 is 0 Å². The van der Waals surface area contributed by atoms with Crippen LogP contribution < -0.4 is 5.32 Å². The molecule has 2 rings (SSSR count). The van der Waals surface area contributed by atoms with Gasteiger partial charge < -0.3 is 15.0 Å². The van der Waals surface area contributed by atoms with Crippen molar-refractivity contribution >= 4 is 11.6 Å². The lowest BCUT2D eigenvalue weighted by Crippen LogP contribution is -2.43. The third-order valence-corrected chi connectivity index (χ3v) is 4.37. The number of benzene rings is 1. The van der Waals surface area contributed by atoms with Gasteiger partial charge in [-0.1, -0.05) is 31.9 Å². The fourth-order valence-corrected chi connectivity index (χ4v) is 2.90. The van der Waals surface area contributed by atoms with Gasteiger partial charge in [-0.2, -0.15) is 5.26 Å². The molecule has 5 nitrogen and oxygen atoms in total. The first-order chi connectivity index (χ1) is 11.7. The van der Waals surface area contributed by atoms with Gasteiger partial charge in [-0.05, 0) is 31.4 Å². The molecule has 0 bridgehead atoms. The standard InChI is InChI=1S/C19H27N3O2/c1-2-3-6-13-24-15-19(23)22-11-9-17(10-12-22)21-18-8-5-4-7-16(18)14-20/h4-5,7-8,17,21H,2-3,6,9-13,15H2,1H3. The third-order valence-electron chi connectivity index (χ3n) is 4.37. The summed E-state index contributed by atoms with van der Waals surface area (Å²) in [5, 5.41) is 12.6. The van der Waals surface area contributed by atoms with Crippen LogP contribution in [0.4, 0.5) is 5.69 Å². The van der Waals surface area contributed by atoms with Crippen molar-refractivity contribution in [2.45, 2.75) is 45.1 Å². The fourth-order valence-electron chi connectivity index (χ4n) is 2.90. The van der Waals surface area contributed by atoms with E-state index in [0.717, 1.165) is 50.9 Å². The van der Waals surface area contributed by atoms with E-state index in [9.17, 15) is 4.79 Å². The molecule has 1 N–H and O–H groups in total. The van der Waals surface area contributed by atoms with Crippen molar-refractivity contribution in [3.05, 3.63) is 29.8 Å². The number of nitrogens with zero attached hydrogens (tertiary/aromatic N) is 2. The summed E-state index contributed by atoms with van der Waals surface area (Å²) in [5.74, 6) is 0.0855. The molecule has 0 radical (unpaired) electrons. The lowest BCUT2D eigenvalue weighted by molar-refractivity contribution is -0.137. The minimum absolute atomic E-state index is 0.0855. The van der Waals surface area contributed by atoms with Gasteiger partial charge in [0.2, 0.25) is 5.91 Å². The zero-order valence-electron chi connectivity index (χ0n) is 14.5. The van der Waals surface area contributed by atoms with E-state index in [0.29, 0.717) is 18.2 Å². The molecule has 1 fully saturated rings. The number of likely N-dealkylation sites (tertiary alicyclic amines) is 1. The van der Waals surface area contributed by atoms with E-state index in [1.807, 2.05) is 29.2 Å². The van der Waals surface area contributed by atoms with Crippen LogP contribution in [0.1, 0.15) is 44.6 Å². The molecular formula is C19H27N3O2. The number of anilines is 1. The zero-order valence-corrected chi connectivity index (χ0v) is 14.5. The molecule has 1 saturated heterocycles. The Bertz CT molecular complexity index is 560. The number of nitrogens with one attached hydrogen (secondary N) is 1. The topological polar surface area (TPSA) is 65.4 Å². The SMILES string of the molecule is CCCCCOCC(=O)N1CCC(Nc2ccccc2C#N)CC1. The number of carbonyl (C=O) groups is 1. The van der Waals surface area contributed by atoms with E-state index in [1.54, 1.807) is 0 Å². The van der Waals surface area contributed by atoms with Crippen LogP contribution in [0.5, 0.6) is 0 Å². The highest BCUT2D eigenvalue weighted by Crippen LogP contribution is 2.19. The van der Waals surface area contributed by atoms with Crippen molar-refractivity contribution in [1.82, 2.24) is 4.90 Å². The molecular weight excluding hydrogens is 302 g/mol. The molecule has 1 aliphatic rings. The predicted octanol–water partition coefficient (Wildman–Crippen LogP) is 3.17. The maximum atomic E-state index is 12.1. The highest BCUT2D eigenvalue weighted by atomic mass is 16.5. The van der Waals surface area contributed by atoms with Gasteiger partial charge in [0, 0.05) is 25.7 Å². The van der Waals surface area contributed by atoms with Crippen LogP contribution in [0, 0.1) is 11.3 Å². The fraction of sp³-hybridized carbons (Fsp3) is 0.579. The van der Waals surface area contributed by atoms with E-state index in [1.165, 1.54) is 0 Å². The lowest BCUT2D eigenvalue weighted by atomic mass is 10.0. The lowest BCUT2D eigenvalue weighted by Gasteiger charge is -2.33. The number of rotatable bonds is 8. The van der Waals surface area contributed by atoms with Crippen LogP contribution in [0.15, 0.2) is 24.3 Å². The zero-order chi connectivity index (χ0) is 17.2. The second-order valence-electron chi connectivity index (χ2n) is 6.22. The van der Waals surface area contributed by atoms with E-state index < -0.39 is 0 Å². The summed E-state index contributed by atoms with van der Waals surface area (Å²) >= 11 is 0. The molecule has 130 valence electrons. The van der Waals surface area contributed by atoms with Crippen molar-refractivity contribution < 1.29 is 9.53 Å². The Morgan fingerprint density at radius 3 is 2.79 bits per heavy atom. The first-order valence-corrected chi connectivity index (χ1v) is 8.85. The Balaban J connectivity index is 1.71. The Kier molecular flexibility index (Phi) is 7.57. The minimum atomic E-state index is 0.0855. The summed E-state index contributed by atoms with van der Waals surface area (Å²) in [6.45, 7) is 4.49. The first-order valence-electron chi connectivity index (χ1n) is 8.85. The van der Waals surface area contributed by atoms with Crippen LogP contribution in [0.2, 0.25) is 0 Å². The van der Waals surface area contributed by atoms with E-state index in [-0.39, 0.29) is 12.5 Å². The number of amides is 1. The monoisotopic (exact) mass is 329 g/mol. The summed E-state index contributed by atoms with van der Waals surface area (Å²) in [6.07, 6.45) is 5.11. The van der Waals surface area contributed by atoms with E-state index >= 15 is 0 Å². The van der Waals surface area contributed by atoms with Crippen molar-refractivity contribution in [2.24, 2.45) is 0 Å². The normalized spacial score (nSPS) is 15.1. The Morgan fingerprint density at radius 1 is 1.33 bits per heavy atom. The number of carbonyl (C=O) groups excluding carboxylic acids is 1. The number of unbranched alkanes of at least 4 members (excludes halogenated alkanes) is 2. The number of ether oxygens (including phenoxy) is 1. The number of hydrogen-bond acceptors (Lipinski definition) is 4. The Morgan fingerprint density at radius 2 is 2.08 bits per heavy atom. The van der Waals surface area contributed by atoms with Crippen molar-refractivity contribution in [3.63, 3.8) is 0 Å². The van der Waals surface area contributed by atoms with Gasteiger partial charge >= 0.3 is 0 Å². The number of para-hydroxylation sites is 1. The van der Waals surface area contributed by atoms with Gasteiger partial charge in [0.25, 0.3) is 0 Å². The summed E-state index contributed by atoms with van der Waals surface area (Å²) in [6, 6.07) is 10.0. The summed E-state index contributed by atoms with van der Waals surface area (Å²) in [4.78, 5) is 14.0. The number of hydrogen-bond donors (Lipinski definition) is 1. The average molecular weight is 329 g/mol. The van der Waals surface area contributed by atoms with Gasteiger partial charge in [0.1, 0.15) is 12.7 Å². The largest absolute Gasteiger partial charge is 0.381 e. The van der Waals surface area contributed by atoms with Gasteiger partial charge in [0.15, 0.2) is 0 Å². The molecule has 0 aliphatic carbocycles. The molecule has 0 spiro atoms. The quantitative estimate of drug-likeness (QED) is 0.744. The molecule has 24 heavy (non-hydrogen) atoms. The smallest absolute Gasteiger partial charge is 0.248 e. The molecule has 1 aromatic carbocycles. The van der Waals surface area contributed by atoms with Gasteiger partial charge in [-0.15, -0.1) is 0 Å². The molecule has 0 unspecified atom stereocenters. The first kappa shape index (κ1) is 18.3. The maximum Gasteiger partial charge on any atom is 0.248 e. The highest BCUT2D eigenvalue weighted by Gasteiger charge is 2.23. The molecule has 0 atom stereocenters. The van der Waals surface area contributed by atoms with Crippen molar-refractivity contribution in [2.75, 3.05) is 31.6 Å². The maximum absolute atomic E-state index is 12.1. The van der Waals surface area contributed by atoms with Crippen LogP contribution in [-0.2, 0) is 9.53 Å². The summed E-state index contributed by atoms with van der Waals surface area (Å²) in [7, 11) is 0. The van der Waals surface area contributed by atoms with Crippen LogP contribution in [0.25, 0.3) is 0 Å². The second-order valence-corrected chi connectivity index (χ2v) is 6.22. The Hall–Kier alpha value is -2.06. The average Bonchev–Trinajstić information content (AvgIpc) is 2.62. The summed E-state index contributed by atoms with van der Waals surface area (Å²) < 4.78 is 5.46. The van der Waals surface area contributed by atoms with Gasteiger partial charge in [-0.3, -0.25) is 4.79 Å². The number of nitriles is 1. The second kappa shape index (κ2) is 9.94. The Labute approximate surface area is 144 Å². The third kappa shape index (κ3) is 5.54.